The summed E-state index contributed by atoms with van der Waals surface area (Å²) >= 11 is 0. The second kappa shape index (κ2) is 5.20. The first-order valence-corrected chi connectivity index (χ1v) is 7.23. The van der Waals surface area contributed by atoms with E-state index in [-0.39, 0.29) is 23.4 Å². The number of hydrogen-bond donors (Lipinski definition) is 2. The van der Waals surface area contributed by atoms with Gasteiger partial charge in [-0.3, -0.25) is 14.3 Å². The maximum atomic E-state index is 12.1. The Kier molecular flexibility index (Phi) is 3.11. The molecule has 0 spiro atoms. The van der Waals surface area contributed by atoms with Crippen LogP contribution in [0.5, 0.6) is 11.5 Å². The molecule has 3 aromatic rings. The molecule has 0 saturated carbocycles. The van der Waals surface area contributed by atoms with Crippen molar-refractivity contribution in [2.24, 2.45) is 7.05 Å². The van der Waals surface area contributed by atoms with Crippen LogP contribution in [0.3, 0.4) is 0 Å². The molecule has 126 valence electrons. The van der Waals surface area contributed by atoms with E-state index in [1.165, 1.54) is 13.1 Å². The molecule has 0 fully saturated rings. The first kappa shape index (κ1) is 14.9. The molecule has 3 heterocycles. The Labute approximate surface area is 139 Å². The molecule has 25 heavy (non-hydrogen) atoms. The molecular weight excluding hydrogens is 330 g/mol. The molecule has 0 aliphatic carbocycles. The van der Waals surface area contributed by atoms with E-state index in [1.807, 2.05) is 0 Å². The van der Waals surface area contributed by atoms with Crippen LogP contribution in [0.1, 0.15) is 10.4 Å². The molecule has 2 aromatic heterocycles. The minimum atomic E-state index is -1.29. The summed E-state index contributed by atoms with van der Waals surface area (Å²) in [6, 6.07) is 6.33. The van der Waals surface area contributed by atoms with E-state index in [1.54, 1.807) is 18.2 Å². The molecule has 0 amide bonds. The van der Waals surface area contributed by atoms with Gasteiger partial charge in [-0.1, -0.05) is 0 Å². The molecule has 0 unspecified atom stereocenters. The van der Waals surface area contributed by atoms with Gasteiger partial charge in [0.05, 0.1) is 16.6 Å². The summed E-state index contributed by atoms with van der Waals surface area (Å²) in [5.74, 6) is -0.207. The van der Waals surface area contributed by atoms with Crippen molar-refractivity contribution in [2.75, 3.05) is 6.79 Å². The minimum Gasteiger partial charge on any atom is -0.478 e. The highest BCUT2D eigenvalue weighted by Crippen LogP contribution is 2.36. The summed E-state index contributed by atoms with van der Waals surface area (Å²) in [6.45, 7) is 0.105. The number of carboxylic acids is 1. The van der Waals surface area contributed by atoms with Gasteiger partial charge in [0, 0.05) is 12.6 Å². The molecule has 0 bridgehead atoms. The average Bonchev–Trinajstić information content (AvgIpc) is 3.06. The number of carboxylic acid groups (broad SMARTS) is 1. The normalized spacial score (nSPS) is 12.5. The number of nitrogens with one attached hydrogen (secondary N) is 1. The zero-order valence-electron chi connectivity index (χ0n) is 12.9. The number of H-pyrrole nitrogens is 1. The molecule has 1 aliphatic heterocycles. The predicted molar refractivity (Wildman–Crippen MR) is 86.1 cm³/mol. The number of fused-ring (bicyclic) bond motifs is 2. The van der Waals surface area contributed by atoms with E-state index in [9.17, 15) is 19.5 Å². The molecule has 1 aromatic carbocycles. The number of aromatic carboxylic acids is 1. The Morgan fingerprint density at radius 1 is 1.24 bits per heavy atom. The number of benzene rings is 1. The third kappa shape index (κ3) is 2.24. The van der Waals surface area contributed by atoms with Crippen LogP contribution < -0.4 is 20.7 Å². The lowest BCUT2D eigenvalue weighted by Crippen LogP contribution is -2.30. The highest BCUT2D eigenvalue weighted by molar-refractivity contribution is 6.02. The van der Waals surface area contributed by atoms with E-state index in [0.29, 0.717) is 22.8 Å². The smallest absolute Gasteiger partial charge is 0.336 e. The van der Waals surface area contributed by atoms with E-state index in [2.05, 4.69) is 9.97 Å². The van der Waals surface area contributed by atoms with Crippen LogP contribution in [-0.2, 0) is 7.05 Å². The van der Waals surface area contributed by atoms with Gasteiger partial charge in [0.15, 0.2) is 17.1 Å². The summed E-state index contributed by atoms with van der Waals surface area (Å²) in [5.41, 5.74) is -0.856. The fourth-order valence-corrected chi connectivity index (χ4v) is 2.71. The topological polar surface area (TPSA) is 124 Å². The van der Waals surface area contributed by atoms with Gasteiger partial charge in [-0.15, -0.1) is 0 Å². The second-order valence-corrected chi connectivity index (χ2v) is 5.45. The standard InChI is InChI=1S/C16H11N3O6/c1-19-13-12(14(20)18-16(19)23)8(15(21)22)5-9(17-13)7-2-3-10-11(4-7)25-6-24-10/h2-5H,6H2,1H3,(H,21,22)(H,18,20,23). The monoisotopic (exact) mass is 341 g/mol. The lowest BCUT2D eigenvalue weighted by atomic mass is 10.1. The molecule has 2 N–H and O–H groups in total. The van der Waals surface area contributed by atoms with Gasteiger partial charge in [0.1, 0.15) is 0 Å². The molecule has 9 heteroatoms. The fraction of sp³-hybridized carbons (Fsp3) is 0.125. The van der Waals surface area contributed by atoms with Crippen molar-refractivity contribution in [3.05, 3.63) is 50.7 Å². The Balaban J connectivity index is 2.06. The third-order valence-corrected chi connectivity index (χ3v) is 3.97. The van der Waals surface area contributed by atoms with E-state index in [4.69, 9.17) is 9.47 Å². The Morgan fingerprint density at radius 3 is 2.76 bits per heavy atom. The van der Waals surface area contributed by atoms with Crippen molar-refractivity contribution in [3.8, 4) is 22.8 Å². The Hall–Kier alpha value is -3.62. The largest absolute Gasteiger partial charge is 0.478 e. The molecule has 1 aliphatic rings. The predicted octanol–water partition coefficient (Wildman–Crippen LogP) is 0.716. The molecular formula is C16H11N3O6. The number of nitrogens with zero attached hydrogens (tertiary/aromatic N) is 2. The SMILES string of the molecule is Cn1c(=O)[nH]c(=O)c2c(C(=O)O)cc(-c3ccc4c(c3)OCO4)nc21. The number of hydrogen-bond acceptors (Lipinski definition) is 6. The third-order valence-electron chi connectivity index (χ3n) is 3.97. The highest BCUT2D eigenvalue weighted by Gasteiger charge is 2.20. The van der Waals surface area contributed by atoms with Gasteiger partial charge in [-0.05, 0) is 24.3 Å². The van der Waals surface area contributed by atoms with Gasteiger partial charge in [0.2, 0.25) is 6.79 Å². The van der Waals surface area contributed by atoms with Crippen LogP contribution in [0.2, 0.25) is 0 Å². The summed E-state index contributed by atoms with van der Waals surface area (Å²) in [4.78, 5) is 41.9. The lowest BCUT2D eigenvalue weighted by Gasteiger charge is -2.09. The zero-order valence-corrected chi connectivity index (χ0v) is 12.9. The minimum absolute atomic E-state index is 0.0127. The Morgan fingerprint density at radius 2 is 2.00 bits per heavy atom. The van der Waals surface area contributed by atoms with Gasteiger partial charge in [-0.25, -0.2) is 14.6 Å². The van der Waals surface area contributed by atoms with Crippen LogP contribution in [0.4, 0.5) is 0 Å². The van der Waals surface area contributed by atoms with Gasteiger partial charge >= 0.3 is 11.7 Å². The molecule has 0 radical (unpaired) electrons. The molecule has 4 rings (SSSR count). The van der Waals surface area contributed by atoms with Crippen molar-refractivity contribution in [3.63, 3.8) is 0 Å². The van der Waals surface area contributed by atoms with Crippen molar-refractivity contribution in [1.82, 2.24) is 14.5 Å². The van der Waals surface area contributed by atoms with Gasteiger partial charge < -0.3 is 14.6 Å². The van der Waals surface area contributed by atoms with Gasteiger partial charge in [0.25, 0.3) is 5.56 Å². The first-order chi connectivity index (χ1) is 12.0. The zero-order chi connectivity index (χ0) is 17.7. The van der Waals surface area contributed by atoms with E-state index < -0.39 is 17.2 Å². The van der Waals surface area contributed by atoms with Crippen molar-refractivity contribution >= 4 is 17.0 Å². The highest BCUT2D eigenvalue weighted by atomic mass is 16.7. The summed E-state index contributed by atoms with van der Waals surface area (Å²) in [5, 5.41) is 9.33. The summed E-state index contributed by atoms with van der Waals surface area (Å²) < 4.78 is 11.7. The summed E-state index contributed by atoms with van der Waals surface area (Å²) in [6.07, 6.45) is 0. The van der Waals surface area contributed by atoms with Crippen molar-refractivity contribution < 1.29 is 19.4 Å². The molecule has 0 saturated heterocycles. The maximum Gasteiger partial charge on any atom is 0.336 e. The number of rotatable bonds is 2. The van der Waals surface area contributed by atoms with Crippen LogP contribution >= 0.6 is 0 Å². The number of aromatic amines is 1. The van der Waals surface area contributed by atoms with Crippen LogP contribution in [-0.4, -0.2) is 32.4 Å². The van der Waals surface area contributed by atoms with Crippen molar-refractivity contribution in [2.45, 2.75) is 0 Å². The summed E-state index contributed by atoms with van der Waals surface area (Å²) in [7, 11) is 1.41. The maximum absolute atomic E-state index is 12.1. The average molecular weight is 341 g/mol. The first-order valence-electron chi connectivity index (χ1n) is 7.23. The molecule has 9 nitrogen and oxygen atoms in total. The second-order valence-electron chi connectivity index (χ2n) is 5.45. The molecule has 0 atom stereocenters. The lowest BCUT2D eigenvalue weighted by molar-refractivity contribution is 0.0699. The van der Waals surface area contributed by atoms with E-state index in [0.717, 1.165) is 4.57 Å². The number of carbonyl (C=O) groups is 1. The van der Waals surface area contributed by atoms with Crippen LogP contribution in [0.25, 0.3) is 22.3 Å². The number of pyridine rings is 1. The fourth-order valence-electron chi connectivity index (χ4n) is 2.71. The van der Waals surface area contributed by atoms with Crippen molar-refractivity contribution in [1.29, 1.82) is 0 Å². The van der Waals surface area contributed by atoms with Gasteiger partial charge in [-0.2, -0.15) is 0 Å². The van der Waals surface area contributed by atoms with Crippen LogP contribution in [0, 0.1) is 0 Å². The number of aromatic nitrogens is 3. The number of ether oxygens (including phenoxy) is 2. The number of aryl methyl sites for hydroxylation is 1. The Bertz CT molecular complexity index is 1160. The van der Waals surface area contributed by atoms with E-state index >= 15 is 0 Å². The van der Waals surface area contributed by atoms with Crippen LogP contribution in [0.15, 0.2) is 33.9 Å². The quantitative estimate of drug-likeness (QED) is 0.703.